The average Bonchev–Trinajstić information content (AvgIpc) is 2.65. The van der Waals surface area contributed by atoms with Gasteiger partial charge in [0.1, 0.15) is 12.4 Å². The number of likely N-dealkylation sites (tertiary alicyclic amines) is 1. The van der Waals surface area contributed by atoms with Crippen molar-refractivity contribution in [2.45, 2.75) is 33.3 Å². The van der Waals surface area contributed by atoms with E-state index in [9.17, 15) is 4.79 Å². The number of ether oxygens (including phenoxy) is 1. The fourth-order valence-electron chi connectivity index (χ4n) is 3.23. The van der Waals surface area contributed by atoms with E-state index in [4.69, 9.17) is 4.74 Å². The molecule has 136 valence electrons. The van der Waals surface area contributed by atoms with Crippen molar-refractivity contribution in [3.05, 3.63) is 70.8 Å². The molecule has 0 amide bonds. The molecule has 0 atom stereocenters. The number of Topliss-reactive ketones (excluding diaryl/α,β-unsaturated/α-hetero) is 1. The highest BCUT2D eigenvalue weighted by Gasteiger charge is 2.21. The Hall–Kier alpha value is -2.39. The van der Waals surface area contributed by atoms with Gasteiger partial charge in [-0.15, -0.1) is 0 Å². The number of para-hydroxylation sites is 1. The summed E-state index contributed by atoms with van der Waals surface area (Å²) in [5.41, 5.74) is 4.24. The SMILES string of the molecule is CCCN1CCC(=O)/C(=C/c2ccccc2OCc2ccc(C)cc2)C1. The fourth-order valence-corrected chi connectivity index (χ4v) is 3.23. The Kier molecular flexibility index (Phi) is 6.24. The van der Waals surface area contributed by atoms with E-state index in [2.05, 4.69) is 43.0 Å². The molecule has 0 aliphatic carbocycles. The summed E-state index contributed by atoms with van der Waals surface area (Å²) >= 11 is 0. The van der Waals surface area contributed by atoms with Crippen molar-refractivity contribution >= 4 is 11.9 Å². The lowest BCUT2D eigenvalue weighted by Gasteiger charge is -2.27. The van der Waals surface area contributed by atoms with E-state index in [-0.39, 0.29) is 5.78 Å². The highest BCUT2D eigenvalue weighted by atomic mass is 16.5. The van der Waals surface area contributed by atoms with Crippen LogP contribution in [0.15, 0.2) is 54.1 Å². The second-order valence-electron chi connectivity index (χ2n) is 6.93. The van der Waals surface area contributed by atoms with Gasteiger partial charge in [-0.25, -0.2) is 0 Å². The molecule has 1 aliphatic heterocycles. The second-order valence-corrected chi connectivity index (χ2v) is 6.93. The summed E-state index contributed by atoms with van der Waals surface area (Å²) in [6.45, 7) is 7.42. The molecule has 0 N–H and O–H groups in total. The van der Waals surface area contributed by atoms with Crippen molar-refractivity contribution in [2.75, 3.05) is 19.6 Å². The zero-order valence-corrected chi connectivity index (χ0v) is 15.7. The Labute approximate surface area is 156 Å². The van der Waals surface area contributed by atoms with Crippen LogP contribution in [0, 0.1) is 6.92 Å². The van der Waals surface area contributed by atoms with E-state index in [1.54, 1.807) is 0 Å². The van der Waals surface area contributed by atoms with E-state index in [0.29, 0.717) is 13.0 Å². The van der Waals surface area contributed by atoms with Crippen LogP contribution in [0.25, 0.3) is 6.08 Å². The maximum atomic E-state index is 12.3. The number of nitrogens with zero attached hydrogens (tertiary/aromatic N) is 1. The van der Waals surface area contributed by atoms with Gasteiger partial charge in [-0.1, -0.05) is 55.0 Å². The molecule has 26 heavy (non-hydrogen) atoms. The number of hydrogen-bond acceptors (Lipinski definition) is 3. The molecule has 3 nitrogen and oxygen atoms in total. The molecule has 2 aromatic carbocycles. The quantitative estimate of drug-likeness (QED) is 0.712. The largest absolute Gasteiger partial charge is 0.488 e. The van der Waals surface area contributed by atoms with Gasteiger partial charge in [-0.2, -0.15) is 0 Å². The molecule has 0 spiro atoms. The molecule has 3 rings (SSSR count). The normalized spacial score (nSPS) is 16.8. The summed E-state index contributed by atoms with van der Waals surface area (Å²) in [6.07, 6.45) is 3.73. The van der Waals surface area contributed by atoms with Gasteiger partial charge in [0.05, 0.1) is 0 Å². The van der Waals surface area contributed by atoms with E-state index in [1.165, 1.54) is 5.56 Å². The number of carbonyl (C=O) groups is 1. The van der Waals surface area contributed by atoms with Gasteiger partial charge < -0.3 is 4.74 Å². The average molecular weight is 349 g/mol. The topological polar surface area (TPSA) is 29.5 Å². The molecule has 0 unspecified atom stereocenters. The van der Waals surface area contributed by atoms with E-state index in [0.717, 1.165) is 48.5 Å². The van der Waals surface area contributed by atoms with Crippen LogP contribution >= 0.6 is 0 Å². The Balaban J connectivity index is 1.75. The third-order valence-electron chi connectivity index (χ3n) is 4.71. The second kappa shape index (κ2) is 8.81. The minimum Gasteiger partial charge on any atom is -0.488 e. The minimum atomic E-state index is 0.255. The summed E-state index contributed by atoms with van der Waals surface area (Å²) in [5, 5.41) is 0. The molecule has 1 heterocycles. The van der Waals surface area contributed by atoms with Gasteiger partial charge in [0.25, 0.3) is 0 Å². The minimum absolute atomic E-state index is 0.255. The standard InChI is InChI=1S/C23H27NO2/c1-3-13-24-14-12-22(25)21(16-24)15-20-6-4-5-7-23(20)26-17-19-10-8-18(2)9-11-19/h4-11,15H,3,12-14,16-17H2,1-2H3/b21-15+. The van der Waals surface area contributed by atoms with Crippen molar-refractivity contribution in [3.8, 4) is 5.75 Å². The van der Waals surface area contributed by atoms with Crippen molar-refractivity contribution in [3.63, 3.8) is 0 Å². The van der Waals surface area contributed by atoms with Gasteiger partial charge in [-0.05, 0) is 37.6 Å². The molecule has 3 heteroatoms. The predicted octanol–water partition coefficient (Wildman–Crippen LogP) is 4.64. The molecule has 1 saturated heterocycles. The first-order chi connectivity index (χ1) is 12.7. The molecule has 0 radical (unpaired) electrons. The van der Waals surface area contributed by atoms with Crippen LogP contribution in [0.3, 0.4) is 0 Å². The first-order valence-corrected chi connectivity index (χ1v) is 9.39. The molecule has 0 saturated carbocycles. The van der Waals surface area contributed by atoms with Gasteiger partial charge in [0.15, 0.2) is 5.78 Å². The van der Waals surface area contributed by atoms with Crippen molar-refractivity contribution < 1.29 is 9.53 Å². The molecular weight excluding hydrogens is 322 g/mol. The predicted molar refractivity (Wildman–Crippen MR) is 106 cm³/mol. The summed E-state index contributed by atoms with van der Waals surface area (Å²) in [6, 6.07) is 16.3. The third-order valence-corrected chi connectivity index (χ3v) is 4.71. The molecular formula is C23H27NO2. The van der Waals surface area contributed by atoms with Crippen molar-refractivity contribution in [1.29, 1.82) is 0 Å². The first-order valence-electron chi connectivity index (χ1n) is 9.39. The van der Waals surface area contributed by atoms with Crippen LogP contribution in [0.4, 0.5) is 0 Å². The highest BCUT2D eigenvalue weighted by Crippen LogP contribution is 2.24. The number of ketones is 1. The van der Waals surface area contributed by atoms with Crippen LogP contribution in [-0.2, 0) is 11.4 Å². The number of hydrogen-bond donors (Lipinski definition) is 0. The maximum absolute atomic E-state index is 12.3. The lowest BCUT2D eigenvalue weighted by molar-refractivity contribution is -0.117. The highest BCUT2D eigenvalue weighted by molar-refractivity contribution is 6.01. The Bertz CT molecular complexity index is 777. The summed E-state index contributed by atoms with van der Waals surface area (Å²) in [7, 11) is 0. The fraction of sp³-hybridized carbons (Fsp3) is 0.348. The Morgan fingerprint density at radius 3 is 2.65 bits per heavy atom. The monoisotopic (exact) mass is 349 g/mol. The first kappa shape index (κ1) is 18.4. The zero-order valence-electron chi connectivity index (χ0n) is 15.7. The van der Waals surface area contributed by atoms with Gasteiger partial charge >= 0.3 is 0 Å². The lowest BCUT2D eigenvalue weighted by Crippen LogP contribution is -2.36. The Morgan fingerprint density at radius 2 is 1.88 bits per heavy atom. The van der Waals surface area contributed by atoms with Gasteiger partial charge in [0.2, 0.25) is 0 Å². The lowest BCUT2D eigenvalue weighted by atomic mass is 10.00. The van der Waals surface area contributed by atoms with Crippen LogP contribution in [0.1, 0.15) is 36.5 Å². The number of piperidine rings is 1. The van der Waals surface area contributed by atoms with Gasteiger partial charge in [-0.3, -0.25) is 9.69 Å². The Morgan fingerprint density at radius 1 is 1.12 bits per heavy atom. The zero-order chi connectivity index (χ0) is 18.4. The van der Waals surface area contributed by atoms with Crippen molar-refractivity contribution in [1.82, 2.24) is 4.90 Å². The smallest absolute Gasteiger partial charge is 0.161 e. The molecule has 1 aliphatic rings. The van der Waals surface area contributed by atoms with E-state index in [1.807, 2.05) is 30.3 Å². The van der Waals surface area contributed by atoms with E-state index < -0.39 is 0 Å². The van der Waals surface area contributed by atoms with Gasteiger partial charge in [0, 0.05) is 30.6 Å². The molecule has 0 bridgehead atoms. The molecule has 0 aromatic heterocycles. The summed E-state index contributed by atoms with van der Waals surface area (Å²) < 4.78 is 6.04. The number of aryl methyl sites for hydroxylation is 1. The summed E-state index contributed by atoms with van der Waals surface area (Å²) in [4.78, 5) is 14.7. The van der Waals surface area contributed by atoms with Crippen LogP contribution in [0.2, 0.25) is 0 Å². The summed E-state index contributed by atoms with van der Waals surface area (Å²) in [5.74, 6) is 1.08. The maximum Gasteiger partial charge on any atom is 0.161 e. The van der Waals surface area contributed by atoms with Crippen LogP contribution < -0.4 is 4.74 Å². The van der Waals surface area contributed by atoms with E-state index >= 15 is 0 Å². The molecule has 1 fully saturated rings. The van der Waals surface area contributed by atoms with Crippen LogP contribution in [0.5, 0.6) is 5.75 Å². The number of carbonyl (C=O) groups excluding carboxylic acids is 1. The van der Waals surface area contributed by atoms with Crippen molar-refractivity contribution in [2.24, 2.45) is 0 Å². The molecule has 2 aromatic rings. The number of benzene rings is 2. The van der Waals surface area contributed by atoms with Crippen LogP contribution in [-0.4, -0.2) is 30.3 Å². The number of rotatable bonds is 6. The third kappa shape index (κ3) is 4.83.